The van der Waals surface area contributed by atoms with Crippen molar-refractivity contribution in [3.8, 4) is 5.75 Å². The van der Waals surface area contributed by atoms with Crippen molar-refractivity contribution >= 4 is 0 Å². The Labute approximate surface area is 161 Å². The van der Waals surface area contributed by atoms with E-state index >= 15 is 0 Å². The summed E-state index contributed by atoms with van der Waals surface area (Å²) < 4.78 is 11.4. The van der Waals surface area contributed by atoms with Gasteiger partial charge in [-0.05, 0) is 57.1 Å². The van der Waals surface area contributed by atoms with Crippen LogP contribution in [0.3, 0.4) is 0 Å². The maximum Gasteiger partial charge on any atom is 0.123 e. The molecule has 2 rings (SSSR count). The minimum atomic E-state index is -0.0462. The van der Waals surface area contributed by atoms with Crippen LogP contribution in [0.2, 0.25) is 0 Å². The zero-order valence-corrected chi connectivity index (χ0v) is 17.0. The summed E-state index contributed by atoms with van der Waals surface area (Å²) in [5.74, 6) is 1.03. The molecule has 1 aromatic carbocycles. The molecule has 1 aliphatic rings. The summed E-state index contributed by atoms with van der Waals surface area (Å²) in [5.41, 5.74) is 1.29. The summed E-state index contributed by atoms with van der Waals surface area (Å²) in [5, 5.41) is 0. The molecule has 0 radical (unpaired) electrons. The van der Waals surface area contributed by atoms with E-state index in [1.807, 2.05) is 0 Å². The van der Waals surface area contributed by atoms with Crippen molar-refractivity contribution in [1.82, 2.24) is 0 Å². The van der Waals surface area contributed by atoms with Crippen molar-refractivity contribution < 1.29 is 9.47 Å². The molecule has 0 bridgehead atoms. The Morgan fingerprint density at radius 2 is 1.62 bits per heavy atom. The lowest BCUT2D eigenvalue weighted by molar-refractivity contribution is 0.201. The number of para-hydroxylation sites is 1. The Morgan fingerprint density at radius 3 is 2.31 bits per heavy atom. The van der Waals surface area contributed by atoms with Gasteiger partial charge in [0.25, 0.3) is 0 Å². The molecule has 0 N–H and O–H groups in total. The van der Waals surface area contributed by atoms with E-state index in [9.17, 15) is 0 Å². The first-order valence-corrected chi connectivity index (χ1v) is 10.7. The lowest BCUT2D eigenvalue weighted by Gasteiger charge is -2.13. The van der Waals surface area contributed by atoms with Gasteiger partial charge in [0.15, 0.2) is 0 Å². The van der Waals surface area contributed by atoms with E-state index in [0.29, 0.717) is 6.61 Å². The minimum absolute atomic E-state index is 0.0462. The van der Waals surface area contributed by atoms with Crippen molar-refractivity contribution in [3.63, 3.8) is 0 Å². The Balaban J connectivity index is 1.51. The molecule has 1 unspecified atom stereocenters. The molecule has 1 atom stereocenters. The standard InChI is InChI=1S/C24H38O2/c1-3-4-5-6-7-8-9-10-11-12-13-14-17-22-18-15-16-19-23(22)25-20-24(2)21-26-24/h9-10,15-16,18-19H,3-8,11-14,17,20-21H2,1-2H3/b10-9+. The number of hydrogen-bond acceptors (Lipinski definition) is 2. The summed E-state index contributed by atoms with van der Waals surface area (Å²) in [6, 6.07) is 8.46. The predicted octanol–water partition coefficient (Wildman–Crippen LogP) is 6.87. The van der Waals surface area contributed by atoms with Crippen LogP contribution in [0.15, 0.2) is 36.4 Å². The van der Waals surface area contributed by atoms with E-state index in [2.05, 4.69) is 50.3 Å². The summed E-state index contributed by atoms with van der Waals surface area (Å²) in [4.78, 5) is 0. The zero-order valence-electron chi connectivity index (χ0n) is 17.0. The molecule has 146 valence electrons. The number of aryl methyl sites for hydroxylation is 1. The normalized spacial score (nSPS) is 19.2. The molecular weight excluding hydrogens is 320 g/mol. The summed E-state index contributed by atoms with van der Waals surface area (Å²) in [7, 11) is 0. The number of epoxide rings is 1. The van der Waals surface area contributed by atoms with Crippen molar-refractivity contribution in [2.75, 3.05) is 13.2 Å². The smallest absolute Gasteiger partial charge is 0.123 e. The maximum atomic E-state index is 5.99. The van der Waals surface area contributed by atoms with E-state index in [1.165, 1.54) is 69.8 Å². The molecule has 0 saturated carbocycles. The van der Waals surface area contributed by atoms with Crippen LogP contribution in [0.4, 0.5) is 0 Å². The second-order valence-electron chi connectivity index (χ2n) is 7.91. The zero-order chi connectivity index (χ0) is 18.5. The fourth-order valence-corrected chi connectivity index (χ4v) is 3.14. The quantitative estimate of drug-likeness (QED) is 0.194. The van der Waals surface area contributed by atoms with Gasteiger partial charge >= 0.3 is 0 Å². The van der Waals surface area contributed by atoms with E-state index in [1.54, 1.807) is 0 Å². The van der Waals surface area contributed by atoms with E-state index in [-0.39, 0.29) is 5.60 Å². The Hall–Kier alpha value is -1.28. The van der Waals surface area contributed by atoms with Crippen molar-refractivity contribution in [2.24, 2.45) is 0 Å². The van der Waals surface area contributed by atoms with Crippen molar-refractivity contribution in [3.05, 3.63) is 42.0 Å². The Kier molecular flexibility index (Phi) is 9.84. The molecule has 0 amide bonds. The van der Waals surface area contributed by atoms with E-state index in [0.717, 1.165) is 18.8 Å². The van der Waals surface area contributed by atoms with Gasteiger partial charge < -0.3 is 9.47 Å². The molecule has 0 aliphatic carbocycles. The third-order valence-corrected chi connectivity index (χ3v) is 5.10. The van der Waals surface area contributed by atoms with Gasteiger partial charge in [0.05, 0.1) is 6.61 Å². The van der Waals surface area contributed by atoms with Crippen LogP contribution in [0.1, 0.15) is 83.6 Å². The first-order valence-electron chi connectivity index (χ1n) is 10.7. The number of hydrogen-bond donors (Lipinski definition) is 0. The number of rotatable bonds is 15. The van der Waals surface area contributed by atoms with Crippen LogP contribution in [0.5, 0.6) is 5.75 Å². The van der Waals surface area contributed by atoms with Gasteiger partial charge in [0, 0.05) is 0 Å². The van der Waals surface area contributed by atoms with Gasteiger partial charge in [0.2, 0.25) is 0 Å². The van der Waals surface area contributed by atoms with E-state index in [4.69, 9.17) is 9.47 Å². The number of unbranched alkanes of at least 4 members (excludes halogenated alkanes) is 8. The van der Waals surface area contributed by atoms with Crippen molar-refractivity contribution in [1.29, 1.82) is 0 Å². The molecule has 1 aromatic rings. The second kappa shape index (κ2) is 12.2. The lowest BCUT2D eigenvalue weighted by Crippen LogP contribution is -2.17. The largest absolute Gasteiger partial charge is 0.490 e. The van der Waals surface area contributed by atoms with Gasteiger partial charge in [-0.3, -0.25) is 0 Å². The molecule has 2 nitrogen and oxygen atoms in total. The Morgan fingerprint density at radius 1 is 0.962 bits per heavy atom. The SMILES string of the molecule is CCCCCCC/C=C/CCCCCc1ccccc1OCC1(C)CO1. The first kappa shape index (κ1) is 21.0. The fourth-order valence-electron chi connectivity index (χ4n) is 3.14. The highest BCUT2D eigenvalue weighted by molar-refractivity contribution is 5.33. The van der Waals surface area contributed by atoms with Gasteiger partial charge in [-0.15, -0.1) is 0 Å². The molecule has 2 heteroatoms. The monoisotopic (exact) mass is 358 g/mol. The number of benzene rings is 1. The topological polar surface area (TPSA) is 21.8 Å². The van der Waals surface area contributed by atoms with Gasteiger partial charge in [-0.25, -0.2) is 0 Å². The Bertz CT molecular complexity index is 517. The first-order chi connectivity index (χ1) is 12.7. The average molecular weight is 359 g/mol. The maximum absolute atomic E-state index is 5.99. The molecule has 0 spiro atoms. The molecule has 1 aliphatic heterocycles. The lowest BCUT2D eigenvalue weighted by atomic mass is 10.0. The third-order valence-electron chi connectivity index (χ3n) is 5.10. The molecule has 1 fully saturated rings. The van der Waals surface area contributed by atoms with Crippen LogP contribution in [0.25, 0.3) is 0 Å². The molecule has 1 saturated heterocycles. The van der Waals surface area contributed by atoms with Gasteiger partial charge in [0.1, 0.15) is 18.0 Å². The highest BCUT2D eigenvalue weighted by atomic mass is 16.6. The minimum Gasteiger partial charge on any atom is -0.490 e. The molecule has 26 heavy (non-hydrogen) atoms. The summed E-state index contributed by atoms with van der Waals surface area (Å²) in [6.07, 6.45) is 19.1. The highest BCUT2D eigenvalue weighted by Gasteiger charge is 2.40. The van der Waals surface area contributed by atoms with Crippen LogP contribution >= 0.6 is 0 Å². The second-order valence-corrected chi connectivity index (χ2v) is 7.91. The average Bonchev–Trinajstić information content (AvgIpc) is 3.39. The van der Waals surface area contributed by atoms with Crippen LogP contribution in [-0.4, -0.2) is 18.8 Å². The highest BCUT2D eigenvalue weighted by Crippen LogP contribution is 2.28. The van der Waals surface area contributed by atoms with Crippen molar-refractivity contribution in [2.45, 2.75) is 90.1 Å². The van der Waals surface area contributed by atoms with Crippen LogP contribution < -0.4 is 4.74 Å². The van der Waals surface area contributed by atoms with Crippen LogP contribution in [-0.2, 0) is 11.2 Å². The molecular formula is C24H38O2. The number of allylic oxidation sites excluding steroid dienone is 2. The van der Waals surface area contributed by atoms with Crippen LogP contribution in [0, 0.1) is 0 Å². The van der Waals surface area contributed by atoms with Gasteiger partial charge in [-0.1, -0.05) is 69.4 Å². The van der Waals surface area contributed by atoms with E-state index < -0.39 is 0 Å². The predicted molar refractivity (Wildman–Crippen MR) is 111 cm³/mol. The number of ether oxygens (including phenoxy) is 2. The molecule has 1 heterocycles. The van der Waals surface area contributed by atoms with Gasteiger partial charge in [-0.2, -0.15) is 0 Å². The third kappa shape index (κ3) is 8.89. The summed E-state index contributed by atoms with van der Waals surface area (Å²) >= 11 is 0. The fraction of sp³-hybridized carbons (Fsp3) is 0.667. The summed E-state index contributed by atoms with van der Waals surface area (Å²) in [6.45, 7) is 5.86. The molecule has 0 aromatic heterocycles.